The van der Waals surface area contributed by atoms with Gasteiger partial charge in [-0.1, -0.05) is 6.07 Å². The molecule has 0 saturated carbocycles. The van der Waals surface area contributed by atoms with Crippen LogP contribution in [-0.2, 0) is 0 Å². The van der Waals surface area contributed by atoms with Crippen LogP contribution in [0.2, 0.25) is 0 Å². The SMILES string of the molecule is Nc1ccc(C(=O)O)c(NC(=O)c2cccc(O)c2)c1. The molecule has 6 nitrogen and oxygen atoms in total. The van der Waals surface area contributed by atoms with Crippen molar-refractivity contribution in [3.05, 3.63) is 53.6 Å². The zero-order chi connectivity index (χ0) is 14.7. The highest BCUT2D eigenvalue weighted by atomic mass is 16.4. The van der Waals surface area contributed by atoms with E-state index in [1.807, 2.05) is 0 Å². The minimum Gasteiger partial charge on any atom is -0.508 e. The number of aromatic hydroxyl groups is 1. The second-order valence-electron chi connectivity index (χ2n) is 4.11. The second-order valence-corrected chi connectivity index (χ2v) is 4.11. The van der Waals surface area contributed by atoms with Crippen LogP contribution in [0.3, 0.4) is 0 Å². The Labute approximate surface area is 114 Å². The summed E-state index contributed by atoms with van der Waals surface area (Å²) in [5, 5.41) is 20.8. The number of carboxylic acids is 1. The maximum Gasteiger partial charge on any atom is 0.337 e. The van der Waals surface area contributed by atoms with E-state index >= 15 is 0 Å². The van der Waals surface area contributed by atoms with E-state index in [-0.39, 0.29) is 22.6 Å². The van der Waals surface area contributed by atoms with Crippen LogP contribution in [0.1, 0.15) is 20.7 Å². The molecule has 0 aliphatic rings. The molecule has 2 aromatic carbocycles. The number of anilines is 2. The number of carboxylic acid groups (broad SMARTS) is 1. The van der Waals surface area contributed by atoms with Gasteiger partial charge in [-0.15, -0.1) is 0 Å². The Hall–Kier alpha value is -3.02. The van der Waals surface area contributed by atoms with Crippen LogP contribution < -0.4 is 11.1 Å². The molecule has 20 heavy (non-hydrogen) atoms. The number of phenolic OH excluding ortho intramolecular Hbond substituents is 1. The molecular formula is C14H12N2O4. The Kier molecular flexibility index (Phi) is 3.56. The van der Waals surface area contributed by atoms with Crippen LogP contribution in [0.4, 0.5) is 11.4 Å². The molecule has 0 spiro atoms. The van der Waals surface area contributed by atoms with Gasteiger partial charge in [-0.25, -0.2) is 4.79 Å². The summed E-state index contributed by atoms with van der Waals surface area (Å²) in [6.45, 7) is 0. The molecule has 0 atom stereocenters. The van der Waals surface area contributed by atoms with Crippen molar-refractivity contribution in [1.82, 2.24) is 0 Å². The number of hydrogen-bond donors (Lipinski definition) is 4. The highest BCUT2D eigenvalue weighted by Crippen LogP contribution is 2.21. The quantitative estimate of drug-likeness (QED) is 0.638. The number of hydrogen-bond acceptors (Lipinski definition) is 4. The largest absolute Gasteiger partial charge is 0.508 e. The Bertz CT molecular complexity index is 683. The summed E-state index contributed by atoms with van der Waals surface area (Å²) >= 11 is 0. The minimum atomic E-state index is -1.17. The van der Waals surface area contributed by atoms with Crippen molar-refractivity contribution in [2.24, 2.45) is 0 Å². The molecule has 0 aliphatic carbocycles. The number of nitrogens with two attached hydrogens (primary N) is 1. The van der Waals surface area contributed by atoms with Crippen molar-refractivity contribution in [1.29, 1.82) is 0 Å². The Morgan fingerprint density at radius 2 is 1.85 bits per heavy atom. The zero-order valence-corrected chi connectivity index (χ0v) is 10.3. The Balaban J connectivity index is 2.32. The average molecular weight is 272 g/mol. The van der Waals surface area contributed by atoms with E-state index in [1.165, 1.54) is 42.5 Å². The predicted molar refractivity (Wildman–Crippen MR) is 73.9 cm³/mol. The number of amides is 1. The average Bonchev–Trinajstić information content (AvgIpc) is 2.38. The molecule has 0 aliphatic heterocycles. The monoisotopic (exact) mass is 272 g/mol. The molecule has 0 saturated heterocycles. The highest BCUT2D eigenvalue weighted by molar-refractivity contribution is 6.08. The third-order valence-corrected chi connectivity index (χ3v) is 2.63. The second kappa shape index (κ2) is 5.31. The Morgan fingerprint density at radius 1 is 1.10 bits per heavy atom. The van der Waals surface area contributed by atoms with E-state index in [4.69, 9.17) is 10.8 Å². The normalized spacial score (nSPS) is 10.0. The number of nitrogens with one attached hydrogen (secondary N) is 1. The standard InChI is InChI=1S/C14H12N2O4/c15-9-4-5-11(14(19)20)12(7-9)16-13(18)8-2-1-3-10(17)6-8/h1-7,17H,15H2,(H,16,18)(H,19,20). The fourth-order valence-electron chi connectivity index (χ4n) is 1.69. The zero-order valence-electron chi connectivity index (χ0n) is 10.3. The van der Waals surface area contributed by atoms with Gasteiger partial charge in [0.1, 0.15) is 5.75 Å². The first kappa shape index (κ1) is 13.4. The smallest absolute Gasteiger partial charge is 0.337 e. The molecule has 1 amide bonds. The van der Waals surface area contributed by atoms with Gasteiger partial charge in [0.2, 0.25) is 0 Å². The lowest BCUT2D eigenvalue weighted by atomic mass is 10.1. The molecule has 5 N–H and O–H groups in total. The van der Waals surface area contributed by atoms with Gasteiger partial charge in [-0.05, 0) is 36.4 Å². The van der Waals surface area contributed by atoms with Gasteiger partial charge in [0, 0.05) is 11.3 Å². The maximum absolute atomic E-state index is 12.0. The van der Waals surface area contributed by atoms with Gasteiger partial charge in [-0.2, -0.15) is 0 Å². The molecule has 102 valence electrons. The van der Waals surface area contributed by atoms with Crippen molar-refractivity contribution in [3.8, 4) is 5.75 Å². The third kappa shape index (κ3) is 2.86. The lowest BCUT2D eigenvalue weighted by Crippen LogP contribution is -2.15. The maximum atomic E-state index is 12.0. The van der Waals surface area contributed by atoms with Gasteiger partial charge in [-0.3, -0.25) is 4.79 Å². The number of rotatable bonds is 3. The van der Waals surface area contributed by atoms with Crippen LogP contribution in [0.5, 0.6) is 5.75 Å². The van der Waals surface area contributed by atoms with E-state index in [2.05, 4.69) is 5.32 Å². The molecule has 2 rings (SSSR count). The fourth-order valence-corrected chi connectivity index (χ4v) is 1.69. The topological polar surface area (TPSA) is 113 Å². The summed E-state index contributed by atoms with van der Waals surface area (Å²) in [7, 11) is 0. The number of phenols is 1. The number of aromatic carboxylic acids is 1. The lowest BCUT2D eigenvalue weighted by molar-refractivity contribution is 0.0698. The lowest BCUT2D eigenvalue weighted by Gasteiger charge is -2.09. The van der Waals surface area contributed by atoms with E-state index in [9.17, 15) is 14.7 Å². The first-order chi connectivity index (χ1) is 9.47. The molecule has 6 heteroatoms. The highest BCUT2D eigenvalue weighted by Gasteiger charge is 2.14. The third-order valence-electron chi connectivity index (χ3n) is 2.63. The molecule has 0 aromatic heterocycles. The van der Waals surface area contributed by atoms with Crippen LogP contribution >= 0.6 is 0 Å². The van der Waals surface area contributed by atoms with E-state index in [0.717, 1.165) is 0 Å². The predicted octanol–water partition coefficient (Wildman–Crippen LogP) is 1.92. The van der Waals surface area contributed by atoms with Crippen molar-refractivity contribution in [2.75, 3.05) is 11.1 Å². The summed E-state index contributed by atoms with van der Waals surface area (Å²) in [5.41, 5.74) is 6.17. The van der Waals surface area contributed by atoms with Gasteiger partial charge in [0.25, 0.3) is 5.91 Å². The number of carbonyl (C=O) groups excluding carboxylic acids is 1. The van der Waals surface area contributed by atoms with Gasteiger partial charge in [0.15, 0.2) is 0 Å². The van der Waals surface area contributed by atoms with Crippen LogP contribution in [-0.4, -0.2) is 22.1 Å². The summed E-state index contributed by atoms with van der Waals surface area (Å²) in [4.78, 5) is 23.1. The summed E-state index contributed by atoms with van der Waals surface area (Å²) in [6.07, 6.45) is 0. The van der Waals surface area contributed by atoms with Crippen molar-refractivity contribution >= 4 is 23.3 Å². The van der Waals surface area contributed by atoms with Crippen molar-refractivity contribution < 1.29 is 19.8 Å². The van der Waals surface area contributed by atoms with Gasteiger partial charge < -0.3 is 21.3 Å². The molecule has 0 unspecified atom stereocenters. The van der Waals surface area contributed by atoms with Crippen LogP contribution in [0.25, 0.3) is 0 Å². The molecule has 0 fully saturated rings. The summed E-state index contributed by atoms with van der Waals surface area (Å²) in [5.74, 6) is -1.76. The minimum absolute atomic E-state index is 0.0521. The summed E-state index contributed by atoms with van der Waals surface area (Å²) < 4.78 is 0. The molecule has 0 bridgehead atoms. The Morgan fingerprint density at radius 3 is 2.50 bits per heavy atom. The van der Waals surface area contributed by atoms with Crippen LogP contribution in [0, 0.1) is 0 Å². The van der Waals surface area contributed by atoms with Crippen molar-refractivity contribution in [3.63, 3.8) is 0 Å². The first-order valence-electron chi connectivity index (χ1n) is 5.70. The summed E-state index contributed by atoms with van der Waals surface area (Å²) in [6, 6.07) is 9.85. The van der Waals surface area contributed by atoms with Crippen molar-refractivity contribution in [2.45, 2.75) is 0 Å². The first-order valence-corrected chi connectivity index (χ1v) is 5.70. The molecule has 0 heterocycles. The van der Waals surface area contributed by atoms with E-state index < -0.39 is 11.9 Å². The molecular weight excluding hydrogens is 260 g/mol. The van der Waals surface area contributed by atoms with Crippen LogP contribution in [0.15, 0.2) is 42.5 Å². The van der Waals surface area contributed by atoms with Gasteiger partial charge >= 0.3 is 5.97 Å². The fraction of sp³-hybridized carbons (Fsp3) is 0. The molecule has 2 aromatic rings. The molecule has 0 radical (unpaired) electrons. The van der Waals surface area contributed by atoms with E-state index in [1.54, 1.807) is 0 Å². The van der Waals surface area contributed by atoms with Gasteiger partial charge in [0.05, 0.1) is 11.3 Å². The van der Waals surface area contributed by atoms with E-state index in [0.29, 0.717) is 5.69 Å². The number of benzene rings is 2. The number of nitrogen functional groups attached to an aromatic ring is 1. The number of carbonyl (C=O) groups is 2.